The summed E-state index contributed by atoms with van der Waals surface area (Å²) in [5.41, 5.74) is 0. The molecule has 0 aromatic heterocycles. The van der Waals surface area contributed by atoms with Crippen LogP contribution < -0.4 is 5.32 Å². The topological polar surface area (TPSA) is 58.6 Å². The average molecular weight is 271 g/mol. The van der Waals surface area contributed by atoms with Crippen LogP contribution in [-0.4, -0.2) is 36.4 Å². The van der Waals surface area contributed by atoms with Crippen LogP contribution in [-0.2, 0) is 9.53 Å². The van der Waals surface area contributed by atoms with Crippen LogP contribution in [0.15, 0.2) is 0 Å². The first-order chi connectivity index (χ1) is 9.02. The first kappa shape index (κ1) is 16.4. The number of hydrogen-bond donors (Lipinski definition) is 2. The van der Waals surface area contributed by atoms with Crippen molar-refractivity contribution >= 4 is 5.91 Å². The standard InChI is InChI=1S/C15H29NO3/c1-11(2)8-9-16-15(18)12(3)19-14-6-4-13(10-17)5-7-14/h11-14,17H,4-10H2,1-3H3,(H,16,18). The number of rotatable bonds is 7. The molecule has 1 atom stereocenters. The molecule has 1 fully saturated rings. The number of hydrogen-bond acceptors (Lipinski definition) is 3. The van der Waals surface area contributed by atoms with E-state index in [1.165, 1.54) is 0 Å². The molecular formula is C15H29NO3. The van der Waals surface area contributed by atoms with Gasteiger partial charge in [0.05, 0.1) is 6.10 Å². The minimum absolute atomic E-state index is 0.00932. The highest BCUT2D eigenvalue weighted by atomic mass is 16.5. The van der Waals surface area contributed by atoms with E-state index in [0.717, 1.165) is 38.6 Å². The molecule has 4 heteroatoms. The molecule has 112 valence electrons. The molecule has 1 unspecified atom stereocenters. The lowest BCUT2D eigenvalue weighted by molar-refractivity contribution is -0.137. The Morgan fingerprint density at radius 3 is 2.42 bits per heavy atom. The molecule has 0 heterocycles. The first-order valence-corrected chi connectivity index (χ1v) is 7.57. The predicted octanol–water partition coefficient (Wildman–Crippen LogP) is 2.10. The van der Waals surface area contributed by atoms with Gasteiger partial charge in [0.2, 0.25) is 5.91 Å². The van der Waals surface area contributed by atoms with Crippen molar-refractivity contribution < 1.29 is 14.6 Å². The van der Waals surface area contributed by atoms with Crippen LogP contribution in [0.4, 0.5) is 0 Å². The lowest BCUT2D eigenvalue weighted by Gasteiger charge is -2.29. The number of carbonyl (C=O) groups is 1. The van der Waals surface area contributed by atoms with Crippen LogP contribution in [0.1, 0.15) is 52.9 Å². The molecular weight excluding hydrogens is 242 g/mol. The molecule has 0 aliphatic heterocycles. The van der Waals surface area contributed by atoms with Crippen molar-refractivity contribution in [2.24, 2.45) is 11.8 Å². The summed E-state index contributed by atoms with van der Waals surface area (Å²) >= 11 is 0. The van der Waals surface area contributed by atoms with Crippen molar-refractivity contribution in [3.63, 3.8) is 0 Å². The zero-order valence-corrected chi connectivity index (χ0v) is 12.5. The number of carbonyl (C=O) groups excluding carboxylic acids is 1. The molecule has 0 aromatic rings. The normalized spacial score (nSPS) is 25.3. The van der Waals surface area contributed by atoms with Gasteiger partial charge < -0.3 is 15.2 Å². The number of nitrogens with one attached hydrogen (secondary N) is 1. The summed E-state index contributed by atoms with van der Waals surface area (Å²) in [4.78, 5) is 11.8. The van der Waals surface area contributed by atoms with Gasteiger partial charge in [-0.3, -0.25) is 4.79 Å². The fourth-order valence-electron chi connectivity index (χ4n) is 2.43. The second-order valence-corrected chi connectivity index (χ2v) is 6.08. The summed E-state index contributed by atoms with van der Waals surface area (Å²) < 4.78 is 5.81. The summed E-state index contributed by atoms with van der Waals surface area (Å²) in [6, 6.07) is 0. The summed E-state index contributed by atoms with van der Waals surface area (Å²) in [7, 11) is 0. The number of aliphatic hydroxyl groups is 1. The monoisotopic (exact) mass is 271 g/mol. The van der Waals surface area contributed by atoms with Gasteiger partial charge in [-0.1, -0.05) is 13.8 Å². The van der Waals surface area contributed by atoms with Crippen molar-refractivity contribution in [1.82, 2.24) is 5.32 Å². The fourth-order valence-corrected chi connectivity index (χ4v) is 2.43. The molecule has 1 aliphatic rings. The van der Waals surface area contributed by atoms with Gasteiger partial charge in [0.25, 0.3) is 0 Å². The second-order valence-electron chi connectivity index (χ2n) is 6.08. The van der Waals surface area contributed by atoms with Crippen LogP contribution >= 0.6 is 0 Å². The molecule has 1 aliphatic carbocycles. The van der Waals surface area contributed by atoms with E-state index < -0.39 is 0 Å². The highest BCUT2D eigenvalue weighted by Gasteiger charge is 2.24. The third-order valence-electron chi connectivity index (χ3n) is 3.84. The van der Waals surface area contributed by atoms with Gasteiger partial charge in [-0.2, -0.15) is 0 Å². The Labute approximate surface area is 116 Å². The molecule has 1 amide bonds. The maximum atomic E-state index is 11.8. The minimum Gasteiger partial charge on any atom is -0.396 e. The number of amides is 1. The Morgan fingerprint density at radius 2 is 1.89 bits per heavy atom. The molecule has 19 heavy (non-hydrogen) atoms. The highest BCUT2D eigenvalue weighted by molar-refractivity contribution is 5.80. The lowest BCUT2D eigenvalue weighted by atomic mass is 9.88. The van der Waals surface area contributed by atoms with Crippen molar-refractivity contribution in [1.29, 1.82) is 0 Å². The molecule has 0 radical (unpaired) electrons. The van der Waals surface area contributed by atoms with E-state index in [0.29, 0.717) is 11.8 Å². The van der Waals surface area contributed by atoms with E-state index in [-0.39, 0.29) is 24.7 Å². The molecule has 1 rings (SSSR count). The summed E-state index contributed by atoms with van der Waals surface area (Å²) in [6.07, 6.45) is 4.71. The van der Waals surface area contributed by atoms with E-state index >= 15 is 0 Å². The first-order valence-electron chi connectivity index (χ1n) is 7.57. The Kier molecular flexibility index (Phi) is 7.39. The fraction of sp³-hybridized carbons (Fsp3) is 0.933. The van der Waals surface area contributed by atoms with E-state index in [4.69, 9.17) is 9.84 Å². The molecule has 0 spiro atoms. The van der Waals surface area contributed by atoms with E-state index in [9.17, 15) is 4.79 Å². The van der Waals surface area contributed by atoms with Gasteiger partial charge in [0.15, 0.2) is 0 Å². The molecule has 0 saturated heterocycles. The highest BCUT2D eigenvalue weighted by Crippen LogP contribution is 2.26. The average Bonchev–Trinajstić information content (AvgIpc) is 2.39. The number of aliphatic hydroxyl groups excluding tert-OH is 1. The molecule has 2 N–H and O–H groups in total. The zero-order valence-electron chi connectivity index (χ0n) is 12.5. The smallest absolute Gasteiger partial charge is 0.248 e. The van der Waals surface area contributed by atoms with Gasteiger partial charge >= 0.3 is 0 Å². The van der Waals surface area contributed by atoms with Crippen molar-refractivity contribution in [3.8, 4) is 0 Å². The van der Waals surface area contributed by atoms with Crippen molar-refractivity contribution in [2.75, 3.05) is 13.2 Å². The van der Waals surface area contributed by atoms with Crippen molar-refractivity contribution in [2.45, 2.75) is 65.1 Å². The Morgan fingerprint density at radius 1 is 1.26 bits per heavy atom. The van der Waals surface area contributed by atoms with Gasteiger partial charge in [0.1, 0.15) is 6.10 Å². The third kappa shape index (κ3) is 6.39. The quantitative estimate of drug-likeness (QED) is 0.745. The zero-order chi connectivity index (χ0) is 14.3. The second kappa shape index (κ2) is 8.54. The summed E-state index contributed by atoms with van der Waals surface area (Å²) in [5.74, 6) is 1.02. The van der Waals surface area contributed by atoms with Crippen molar-refractivity contribution in [3.05, 3.63) is 0 Å². The SMILES string of the molecule is CC(C)CCNC(=O)C(C)OC1CCC(CO)CC1. The Hall–Kier alpha value is -0.610. The van der Waals surface area contributed by atoms with Gasteiger partial charge in [-0.25, -0.2) is 0 Å². The van der Waals surface area contributed by atoms with E-state index in [1.54, 1.807) is 0 Å². The van der Waals surface area contributed by atoms with E-state index in [1.807, 2.05) is 6.92 Å². The van der Waals surface area contributed by atoms with Gasteiger partial charge in [0, 0.05) is 13.2 Å². The van der Waals surface area contributed by atoms with Crippen LogP contribution in [0.25, 0.3) is 0 Å². The van der Waals surface area contributed by atoms with Crippen LogP contribution in [0.5, 0.6) is 0 Å². The summed E-state index contributed by atoms with van der Waals surface area (Å²) in [6.45, 7) is 7.11. The van der Waals surface area contributed by atoms with E-state index in [2.05, 4.69) is 19.2 Å². The maximum absolute atomic E-state index is 11.8. The van der Waals surface area contributed by atoms with Gasteiger partial charge in [-0.05, 0) is 50.9 Å². The largest absolute Gasteiger partial charge is 0.396 e. The lowest BCUT2D eigenvalue weighted by Crippen LogP contribution is -2.38. The van der Waals surface area contributed by atoms with Gasteiger partial charge in [-0.15, -0.1) is 0 Å². The van der Waals surface area contributed by atoms with Crippen LogP contribution in [0.2, 0.25) is 0 Å². The summed E-state index contributed by atoms with van der Waals surface area (Å²) in [5, 5.41) is 12.0. The maximum Gasteiger partial charge on any atom is 0.248 e. The molecule has 0 aromatic carbocycles. The minimum atomic E-state index is -0.372. The third-order valence-corrected chi connectivity index (χ3v) is 3.84. The number of ether oxygens (including phenoxy) is 1. The Balaban J connectivity index is 2.19. The predicted molar refractivity (Wildman–Crippen MR) is 75.8 cm³/mol. The molecule has 1 saturated carbocycles. The van der Waals surface area contributed by atoms with Crippen LogP contribution in [0.3, 0.4) is 0 Å². The van der Waals surface area contributed by atoms with Crippen LogP contribution in [0, 0.1) is 11.8 Å². The molecule has 0 bridgehead atoms. The molecule has 4 nitrogen and oxygen atoms in total. The Bertz CT molecular complexity index is 260.